The molecule has 2 aliphatic rings. The summed E-state index contributed by atoms with van der Waals surface area (Å²) in [4.78, 5) is 15.6. The summed E-state index contributed by atoms with van der Waals surface area (Å²) >= 11 is 5.83. The first-order valence-corrected chi connectivity index (χ1v) is 11.0. The molecule has 0 aromatic carbocycles. The summed E-state index contributed by atoms with van der Waals surface area (Å²) in [5.74, 6) is 0.607. The lowest BCUT2D eigenvalue weighted by Gasteiger charge is -2.39. The first kappa shape index (κ1) is 22.4. The van der Waals surface area contributed by atoms with Crippen LogP contribution in [0, 0.1) is 5.92 Å². The number of ether oxygens (including phenoxy) is 1. The lowest BCUT2D eigenvalue weighted by Crippen LogP contribution is -2.60. The van der Waals surface area contributed by atoms with Gasteiger partial charge in [-0.05, 0) is 73.0 Å². The number of nitrogens with zero attached hydrogens (tertiary/aromatic N) is 1. The summed E-state index contributed by atoms with van der Waals surface area (Å²) in [5, 5.41) is 6.69. The molecule has 1 saturated carbocycles. The molecule has 1 aliphatic carbocycles. The SMILES string of the molecule is CN1CCC(NC(=S)[C@@](C)(CC2CCCCC2)NC(=O)OC(C)(C)C)CC1. The van der Waals surface area contributed by atoms with Crippen LogP contribution in [-0.2, 0) is 4.74 Å². The number of alkyl carbamates (subject to hydrolysis) is 1. The highest BCUT2D eigenvalue weighted by molar-refractivity contribution is 7.80. The minimum Gasteiger partial charge on any atom is -0.444 e. The minimum atomic E-state index is -0.566. The van der Waals surface area contributed by atoms with Crippen molar-refractivity contribution in [2.45, 2.75) is 96.2 Å². The van der Waals surface area contributed by atoms with Gasteiger partial charge in [0.1, 0.15) is 10.6 Å². The molecule has 2 rings (SSSR count). The molecule has 2 fully saturated rings. The van der Waals surface area contributed by atoms with Crippen molar-refractivity contribution in [3.8, 4) is 0 Å². The van der Waals surface area contributed by atoms with Crippen molar-refractivity contribution in [1.82, 2.24) is 15.5 Å². The summed E-state index contributed by atoms with van der Waals surface area (Å²) < 4.78 is 5.53. The van der Waals surface area contributed by atoms with Crippen molar-refractivity contribution < 1.29 is 9.53 Å². The Balaban J connectivity index is 2.04. The molecular formula is C21H39N3O2S. The quantitative estimate of drug-likeness (QED) is 0.679. The fraction of sp³-hybridized carbons (Fsp3) is 0.905. The van der Waals surface area contributed by atoms with Crippen molar-refractivity contribution in [3.05, 3.63) is 0 Å². The molecule has 0 spiro atoms. The van der Waals surface area contributed by atoms with Crippen LogP contribution in [0.3, 0.4) is 0 Å². The van der Waals surface area contributed by atoms with Crippen molar-refractivity contribution >= 4 is 23.3 Å². The maximum atomic E-state index is 12.5. The fourth-order valence-electron chi connectivity index (χ4n) is 4.20. The van der Waals surface area contributed by atoms with Gasteiger partial charge in [0.2, 0.25) is 0 Å². The third kappa shape index (κ3) is 7.57. The smallest absolute Gasteiger partial charge is 0.408 e. The fourth-order valence-corrected chi connectivity index (χ4v) is 4.50. The number of piperidine rings is 1. The lowest BCUT2D eigenvalue weighted by atomic mass is 9.79. The Bertz CT molecular complexity index is 506. The summed E-state index contributed by atoms with van der Waals surface area (Å²) in [7, 11) is 2.16. The predicted molar refractivity (Wildman–Crippen MR) is 115 cm³/mol. The van der Waals surface area contributed by atoms with Crippen LogP contribution in [0.4, 0.5) is 4.79 Å². The molecule has 2 N–H and O–H groups in total. The van der Waals surface area contributed by atoms with Crippen LogP contribution in [0.5, 0.6) is 0 Å². The van der Waals surface area contributed by atoms with Gasteiger partial charge < -0.3 is 20.3 Å². The van der Waals surface area contributed by atoms with Gasteiger partial charge >= 0.3 is 6.09 Å². The summed E-state index contributed by atoms with van der Waals surface area (Å²) in [6.45, 7) is 9.90. The molecule has 0 radical (unpaired) electrons. The van der Waals surface area contributed by atoms with E-state index in [4.69, 9.17) is 17.0 Å². The lowest BCUT2D eigenvalue weighted by molar-refractivity contribution is 0.0478. The van der Waals surface area contributed by atoms with E-state index in [1.54, 1.807) is 0 Å². The van der Waals surface area contributed by atoms with E-state index < -0.39 is 11.1 Å². The zero-order valence-electron chi connectivity index (χ0n) is 17.9. The molecule has 1 amide bonds. The molecule has 1 heterocycles. The van der Waals surface area contributed by atoms with Crippen molar-refractivity contribution in [2.75, 3.05) is 20.1 Å². The Hall–Kier alpha value is -0.880. The van der Waals surface area contributed by atoms with E-state index in [9.17, 15) is 4.79 Å². The van der Waals surface area contributed by atoms with Gasteiger partial charge in [0, 0.05) is 6.04 Å². The number of amides is 1. The maximum absolute atomic E-state index is 12.5. The second-order valence-corrected chi connectivity index (χ2v) is 10.1. The van der Waals surface area contributed by atoms with Crippen molar-refractivity contribution in [1.29, 1.82) is 0 Å². The Morgan fingerprint density at radius 2 is 1.67 bits per heavy atom. The van der Waals surface area contributed by atoms with E-state index in [2.05, 4.69) is 29.5 Å². The van der Waals surface area contributed by atoms with Gasteiger partial charge in [-0.15, -0.1) is 0 Å². The Labute approximate surface area is 171 Å². The third-order valence-corrected chi connectivity index (χ3v) is 6.32. The van der Waals surface area contributed by atoms with E-state index >= 15 is 0 Å². The highest BCUT2D eigenvalue weighted by atomic mass is 32.1. The van der Waals surface area contributed by atoms with Crippen molar-refractivity contribution in [2.24, 2.45) is 5.92 Å². The van der Waals surface area contributed by atoms with Gasteiger partial charge in [-0.25, -0.2) is 4.79 Å². The number of thiocarbonyl (C=S) groups is 1. The molecule has 0 aromatic rings. The van der Waals surface area contributed by atoms with Gasteiger partial charge in [-0.1, -0.05) is 44.3 Å². The van der Waals surface area contributed by atoms with Crippen LogP contribution < -0.4 is 10.6 Å². The minimum absolute atomic E-state index is 0.381. The van der Waals surface area contributed by atoms with Crippen LogP contribution >= 0.6 is 12.2 Å². The first-order valence-electron chi connectivity index (χ1n) is 10.6. The number of rotatable bonds is 5. The predicted octanol–water partition coefficient (Wildman–Crippen LogP) is 4.25. The van der Waals surface area contributed by atoms with Crippen molar-refractivity contribution in [3.63, 3.8) is 0 Å². The molecule has 0 unspecified atom stereocenters. The van der Waals surface area contributed by atoms with Crippen LogP contribution in [0.2, 0.25) is 0 Å². The maximum Gasteiger partial charge on any atom is 0.408 e. The van der Waals surface area contributed by atoms with Gasteiger partial charge in [-0.3, -0.25) is 0 Å². The number of hydrogen-bond donors (Lipinski definition) is 2. The van der Waals surface area contributed by atoms with Gasteiger partial charge in [-0.2, -0.15) is 0 Å². The third-order valence-electron chi connectivity index (χ3n) is 5.75. The average Bonchev–Trinajstić information content (AvgIpc) is 2.55. The molecule has 1 aliphatic heterocycles. The van der Waals surface area contributed by atoms with Crippen LogP contribution in [-0.4, -0.2) is 53.3 Å². The number of hydrogen-bond acceptors (Lipinski definition) is 4. The normalized spacial score (nSPS) is 22.7. The monoisotopic (exact) mass is 397 g/mol. The van der Waals surface area contributed by atoms with Gasteiger partial charge in [0.05, 0.1) is 5.54 Å². The molecule has 0 aromatic heterocycles. The van der Waals surface area contributed by atoms with E-state index in [-0.39, 0.29) is 6.09 Å². The number of carbonyl (C=O) groups excluding carboxylic acids is 1. The van der Waals surface area contributed by atoms with Crippen LogP contribution in [0.1, 0.15) is 79.1 Å². The topological polar surface area (TPSA) is 53.6 Å². The Morgan fingerprint density at radius 3 is 2.22 bits per heavy atom. The van der Waals surface area contributed by atoms with E-state index in [0.717, 1.165) is 37.3 Å². The number of carbonyl (C=O) groups is 1. The van der Waals surface area contributed by atoms with E-state index in [1.807, 2.05) is 20.8 Å². The Morgan fingerprint density at radius 1 is 1.07 bits per heavy atom. The molecule has 6 heteroatoms. The first-order chi connectivity index (χ1) is 12.6. The highest BCUT2D eigenvalue weighted by Gasteiger charge is 2.37. The summed E-state index contributed by atoms with van der Waals surface area (Å²) in [5.41, 5.74) is -1.08. The molecular weight excluding hydrogens is 358 g/mol. The number of nitrogens with one attached hydrogen (secondary N) is 2. The summed E-state index contributed by atoms with van der Waals surface area (Å²) in [6.07, 6.45) is 9.00. The molecule has 156 valence electrons. The van der Waals surface area contributed by atoms with Gasteiger partial charge in [0.25, 0.3) is 0 Å². The zero-order chi connectivity index (χ0) is 20.1. The highest BCUT2D eigenvalue weighted by Crippen LogP contribution is 2.31. The zero-order valence-corrected chi connectivity index (χ0v) is 18.7. The molecule has 0 bridgehead atoms. The molecule has 27 heavy (non-hydrogen) atoms. The second-order valence-electron chi connectivity index (χ2n) is 9.72. The standard InChI is InChI=1S/C21H39N3O2S/c1-20(2,3)26-19(25)23-21(4,15-16-9-7-6-8-10-16)18(27)22-17-11-13-24(5)14-12-17/h16-17H,6-15H2,1-5H3,(H,22,27)(H,23,25)/t21-/m1/s1. The second kappa shape index (κ2) is 9.55. The van der Waals surface area contributed by atoms with E-state index in [1.165, 1.54) is 32.1 Å². The van der Waals surface area contributed by atoms with Crippen LogP contribution in [0.25, 0.3) is 0 Å². The van der Waals surface area contributed by atoms with E-state index in [0.29, 0.717) is 12.0 Å². The van der Waals surface area contributed by atoms with Gasteiger partial charge in [0.15, 0.2) is 0 Å². The number of likely N-dealkylation sites (tertiary alicyclic amines) is 1. The average molecular weight is 398 g/mol. The molecule has 1 atom stereocenters. The molecule has 5 nitrogen and oxygen atoms in total. The Kier molecular flexibility index (Phi) is 7.93. The largest absolute Gasteiger partial charge is 0.444 e. The molecule has 1 saturated heterocycles. The van der Waals surface area contributed by atoms with Crippen LogP contribution in [0.15, 0.2) is 0 Å². The summed E-state index contributed by atoms with van der Waals surface area (Å²) in [6, 6.07) is 0.389.